The zero-order valence-corrected chi connectivity index (χ0v) is 17.1. The van der Waals surface area contributed by atoms with Gasteiger partial charge in [0.15, 0.2) is 15.8 Å². The van der Waals surface area contributed by atoms with Crippen LogP contribution >= 0.6 is 0 Å². The lowest BCUT2D eigenvalue weighted by molar-refractivity contribution is 0.215. The van der Waals surface area contributed by atoms with Crippen LogP contribution in [0.1, 0.15) is 45.4 Å². The molecule has 1 fully saturated rings. The second-order valence-corrected chi connectivity index (χ2v) is 10.0. The maximum absolute atomic E-state index is 11.9. The molecule has 2 N–H and O–H groups in total. The lowest BCUT2D eigenvalue weighted by atomic mass is 10.2. The van der Waals surface area contributed by atoms with Crippen LogP contribution in [0.2, 0.25) is 0 Å². The number of rotatable bonds is 8. The summed E-state index contributed by atoms with van der Waals surface area (Å²) < 4.78 is 28.5. The lowest BCUT2D eigenvalue weighted by Crippen LogP contribution is -2.44. The minimum atomic E-state index is -3.18. The molecule has 7 nitrogen and oxygen atoms in total. The van der Waals surface area contributed by atoms with Crippen molar-refractivity contribution in [2.75, 3.05) is 39.0 Å². The van der Waals surface area contributed by atoms with E-state index in [9.17, 15) is 8.42 Å². The topological polar surface area (TPSA) is 86.9 Å². The van der Waals surface area contributed by atoms with Crippen molar-refractivity contribution in [3.8, 4) is 0 Å². The Kier molecular flexibility index (Phi) is 7.11. The van der Waals surface area contributed by atoms with Gasteiger partial charge in [0.05, 0.1) is 23.6 Å². The highest BCUT2D eigenvalue weighted by Crippen LogP contribution is 2.24. The quantitative estimate of drug-likeness (QED) is 0.525. The standard InChI is InChI=1S/C18H32N4O3S/c1-5-19-17(21-14-18(2,3)26(4,23)24)20-13-15(16-9-8-12-25-16)22-10-6-7-11-22/h8-9,12,15H,5-7,10-11,13-14H2,1-4H3,(H2,19,20,21). The molecule has 2 heterocycles. The van der Waals surface area contributed by atoms with E-state index < -0.39 is 14.6 Å². The van der Waals surface area contributed by atoms with Crippen molar-refractivity contribution >= 4 is 15.8 Å². The van der Waals surface area contributed by atoms with Crippen LogP contribution in [0, 0.1) is 0 Å². The van der Waals surface area contributed by atoms with Gasteiger partial charge in [0.1, 0.15) is 5.76 Å². The van der Waals surface area contributed by atoms with Gasteiger partial charge in [-0.1, -0.05) is 0 Å². The molecule has 2 rings (SSSR count). The highest BCUT2D eigenvalue weighted by molar-refractivity contribution is 7.92. The molecule has 1 aliphatic heterocycles. The van der Waals surface area contributed by atoms with E-state index >= 15 is 0 Å². The van der Waals surface area contributed by atoms with Crippen LogP contribution in [0.3, 0.4) is 0 Å². The molecule has 1 atom stereocenters. The first-order chi connectivity index (χ1) is 12.2. The zero-order valence-electron chi connectivity index (χ0n) is 16.3. The number of aliphatic imine (C=N–C) groups is 1. The fourth-order valence-corrected chi connectivity index (χ4v) is 3.16. The first-order valence-corrected chi connectivity index (χ1v) is 11.1. The number of nitrogens with zero attached hydrogens (tertiary/aromatic N) is 2. The van der Waals surface area contributed by atoms with Gasteiger partial charge >= 0.3 is 0 Å². The molecule has 0 spiro atoms. The first kappa shape index (κ1) is 20.8. The Morgan fingerprint density at radius 1 is 1.35 bits per heavy atom. The van der Waals surface area contributed by atoms with Gasteiger partial charge in [0.2, 0.25) is 0 Å². The molecule has 1 aromatic heterocycles. The Hall–Kier alpha value is -1.54. The third-order valence-corrected chi connectivity index (χ3v) is 7.02. The van der Waals surface area contributed by atoms with Crippen LogP contribution in [-0.4, -0.2) is 63.0 Å². The molecule has 26 heavy (non-hydrogen) atoms. The Morgan fingerprint density at radius 2 is 2.04 bits per heavy atom. The van der Waals surface area contributed by atoms with Crippen molar-refractivity contribution in [3.05, 3.63) is 24.2 Å². The Balaban J connectivity index is 2.06. The summed E-state index contributed by atoms with van der Waals surface area (Å²) >= 11 is 0. The van der Waals surface area contributed by atoms with Crippen LogP contribution in [0.25, 0.3) is 0 Å². The molecule has 0 bridgehead atoms. The van der Waals surface area contributed by atoms with E-state index in [1.54, 1.807) is 20.1 Å². The molecule has 1 aromatic rings. The van der Waals surface area contributed by atoms with Crippen molar-refractivity contribution in [1.29, 1.82) is 0 Å². The number of furan rings is 1. The van der Waals surface area contributed by atoms with E-state index in [2.05, 4.69) is 20.5 Å². The smallest absolute Gasteiger partial charge is 0.191 e. The number of likely N-dealkylation sites (tertiary alicyclic amines) is 1. The van der Waals surface area contributed by atoms with Gasteiger partial charge in [-0.05, 0) is 58.8 Å². The molecule has 1 saturated heterocycles. The highest BCUT2D eigenvalue weighted by atomic mass is 32.2. The second kappa shape index (κ2) is 8.90. The molecule has 0 saturated carbocycles. The van der Waals surface area contributed by atoms with Crippen molar-refractivity contribution in [2.45, 2.75) is 44.4 Å². The summed E-state index contributed by atoms with van der Waals surface area (Å²) in [6.45, 7) is 9.07. The molecular formula is C18H32N4O3S. The zero-order chi connectivity index (χ0) is 19.2. The number of sulfone groups is 1. The molecular weight excluding hydrogens is 352 g/mol. The van der Waals surface area contributed by atoms with Crippen molar-refractivity contribution in [1.82, 2.24) is 15.5 Å². The molecule has 8 heteroatoms. The first-order valence-electron chi connectivity index (χ1n) is 9.24. The summed E-state index contributed by atoms with van der Waals surface area (Å²) in [5.74, 6) is 1.56. The van der Waals surface area contributed by atoms with Crippen LogP contribution < -0.4 is 10.6 Å². The highest BCUT2D eigenvalue weighted by Gasteiger charge is 2.30. The third kappa shape index (κ3) is 5.48. The average Bonchev–Trinajstić information content (AvgIpc) is 3.25. The monoisotopic (exact) mass is 384 g/mol. The minimum Gasteiger partial charge on any atom is -0.468 e. The van der Waals surface area contributed by atoms with Gasteiger partial charge in [0, 0.05) is 19.3 Å². The van der Waals surface area contributed by atoms with E-state index in [-0.39, 0.29) is 12.6 Å². The van der Waals surface area contributed by atoms with E-state index in [1.807, 2.05) is 19.1 Å². The summed E-state index contributed by atoms with van der Waals surface area (Å²) in [6, 6.07) is 4.05. The summed E-state index contributed by atoms with van der Waals surface area (Å²) in [5.41, 5.74) is 0. The second-order valence-electron chi connectivity index (χ2n) is 7.38. The van der Waals surface area contributed by atoms with Gasteiger partial charge in [-0.3, -0.25) is 9.89 Å². The van der Waals surface area contributed by atoms with Gasteiger partial charge in [-0.2, -0.15) is 0 Å². The van der Waals surface area contributed by atoms with E-state index in [0.29, 0.717) is 19.0 Å². The van der Waals surface area contributed by atoms with Gasteiger partial charge in [-0.15, -0.1) is 0 Å². The fourth-order valence-electron chi connectivity index (χ4n) is 2.87. The Bertz CT molecular complexity index is 677. The number of guanidine groups is 1. The number of nitrogens with one attached hydrogen (secondary N) is 2. The van der Waals surface area contributed by atoms with E-state index in [4.69, 9.17) is 4.42 Å². The average molecular weight is 385 g/mol. The van der Waals surface area contributed by atoms with Crippen LogP contribution in [0.15, 0.2) is 27.8 Å². The van der Waals surface area contributed by atoms with Crippen LogP contribution in [0.5, 0.6) is 0 Å². The predicted molar refractivity (Wildman–Crippen MR) is 105 cm³/mol. The molecule has 0 amide bonds. The van der Waals surface area contributed by atoms with Crippen molar-refractivity contribution in [3.63, 3.8) is 0 Å². The third-order valence-electron chi connectivity index (χ3n) is 4.88. The van der Waals surface area contributed by atoms with E-state index in [1.165, 1.54) is 19.1 Å². The van der Waals surface area contributed by atoms with Gasteiger partial charge in [0.25, 0.3) is 0 Å². The SMILES string of the molecule is CCNC(=NCC(C)(C)S(C)(=O)=O)NCC(c1ccco1)N1CCCC1. The predicted octanol–water partition coefficient (Wildman–Crippen LogP) is 1.79. The molecule has 1 unspecified atom stereocenters. The van der Waals surface area contributed by atoms with Crippen molar-refractivity contribution < 1.29 is 12.8 Å². The summed E-state index contributed by atoms with van der Waals surface area (Å²) in [6.07, 6.45) is 5.36. The van der Waals surface area contributed by atoms with Crippen LogP contribution in [-0.2, 0) is 9.84 Å². The Labute approximate surface area is 157 Å². The minimum absolute atomic E-state index is 0.138. The normalized spacial score (nSPS) is 18.1. The molecule has 0 aromatic carbocycles. The molecule has 148 valence electrons. The maximum atomic E-state index is 11.9. The fraction of sp³-hybridized carbons (Fsp3) is 0.722. The van der Waals surface area contributed by atoms with Gasteiger partial charge < -0.3 is 15.1 Å². The number of hydrogen-bond acceptors (Lipinski definition) is 5. The van der Waals surface area contributed by atoms with Crippen molar-refractivity contribution in [2.24, 2.45) is 4.99 Å². The lowest BCUT2D eigenvalue weighted by Gasteiger charge is -2.27. The maximum Gasteiger partial charge on any atom is 0.191 e. The number of hydrogen-bond donors (Lipinski definition) is 2. The summed E-state index contributed by atoms with van der Waals surface area (Å²) in [5, 5.41) is 6.55. The molecule has 0 aliphatic carbocycles. The van der Waals surface area contributed by atoms with E-state index in [0.717, 1.165) is 18.8 Å². The summed E-state index contributed by atoms with van der Waals surface area (Å²) in [7, 11) is -3.18. The van der Waals surface area contributed by atoms with Gasteiger partial charge in [-0.25, -0.2) is 8.42 Å². The summed E-state index contributed by atoms with van der Waals surface area (Å²) in [4.78, 5) is 6.91. The Morgan fingerprint density at radius 3 is 2.58 bits per heavy atom. The van der Waals surface area contributed by atoms with Crippen LogP contribution in [0.4, 0.5) is 0 Å². The molecule has 1 aliphatic rings. The largest absolute Gasteiger partial charge is 0.468 e. The molecule has 0 radical (unpaired) electrons.